The van der Waals surface area contributed by atoms with Crippen molar-refractivity contribution in [2.75, 3.05) is 22.1 Å². The van der Waals surface area contributed by atoms with Gasteiger partial charge in [-0.2, -0.15) is 0 Å². The molecule has 6 rings (SSSR count). The molecule has 0 saturated carbocycles. The SMILES string of the molecule is CCOc1ccc(N2C(=O)C(CC(=O)Nc3ccc(/C=C/c4ccccc4)cc3)N(Cc3c(NC(=O)c4ccccc4)on[n+]3C)C2=S)cc1. The van der Waals surface area contributed by atoms with Crippen molar-refractivity contribution >= 4 is 64.5 Å². The number of nitrogens with one attached hydrogen (secondary N) is 2. The van der Waals surface area contributed by atoms with Gasteiger partial charge in [0.2, 0.25) is 11.2 Å². The molecule has 1 aliphatic heterocycles. The number of carbonyl (C=O) groups excluding carboxylic acids is 3. The number of aromatic nitrogens is 2. The first-order chi connectivity index (χ1) is 24.3. The molecular formula is C38H35N6O5S+. The summed E-state index contributed by atoms with van der Waals surface area (Å²) in [4.78, 5) is 43.6. The molecular weight excluding hydrogens is 653 g/mol. The molecule has 1 fully saturated rings. The summed E-state index contributed by atoms with van der Waals surface area (Å²) in [5.74, 6) is -0.384. The lowest BCUT2D eigenvalue weighted by molar-refractivity contribution is -0.746. The Kier molecular flexibility index (Phi) is 10.4. The molecule has 2 N–H and O–H groups in total. The molecule has 2 heterocycles. The van der Waals surface area contributed by atoms with Crippen LogP contribution in [-0.4, -0.2) is 45.7 Å². The van der Waals surface area contributed by atoms with E-state index in [9.17, 15) is 14.4 Å². The molecule has 50 heavy (non-hydrogen) atoms. The largest absolute Gasteiger partial charge is 0.494 e. The highest BCUT2D eigenvalue weighted by Crippen LogP contribution is 2.31. The Bertz CT molecular complexity index is 2010. The molecule has 0 spiro atoms. The Morgan fingerprint density at radius 1 is 0.900 bits per heavy atom. The predicted octanol–water partition coefficient (Wildman–Crippen LogP) is 5.85. The Morgan fingerprint density at radius 2 is 1.54 bits per heavy atom. The number of aryl methyl sites for hydroxylation is 1. The second-order valence-corrected chi connectivity index (χ2v) is 11.8. The summed E-state index contributed by atoms with van der Waals surface area (Å²) in [6.45, 7) is 2.40. The molecule has 252 valence electrons. The van der Waals surface area contributed by atoms with Crippen molar-refractivity contribution in [3.63, 3.8) is 0 Å². The van der Waals surface area contributed by atoms with Gasteiger partial charge in [0.05, 0.1) is 18.7 Å². The zero-order chi connectivity index (χ0) is 35.0. The van der Waals surface area contributed by atoms with Crippen LogP contribution in [0.25, 0.3) is 12.2 Å². The van der Waals surface area contributed by atoms with E-state index in [0.717, 1.165) is 11.1 Å². The lowest BCUT2D eigenvalue weighted by Crippen LogP contribution is -2.43. The van der Waals surface area contributed by atoms with Gasteiger partial charge >= 0.3 is 5.88 Å². The highest BCUT2D eigenvalue weighted by Gasteiger charge is 2.46. The van der Waals surface area contributed by atoms with Crippen LogP contribution in [0.15, 0.2) is 114 Å². The van der Waals surface area contributed by atoms with Gasteiger partial charge in [-0.25, -0.2) is 0 Å². The zero-order valence-corrected chi connectivity index (χ0v) is 28.3. The van der Waals surface area contributed by atoms with Gasteiger partial charge in [0, 0.05) is 11.3 Å². The average molecular weight is 688 g/mol. The smallest absolute Gasteiger partial charge is 0.307 e. The third-order valence-electron chi connectivity index (χ3n) is 8.06. The van der Waals surface area contributed by atoms with Gasteiger partial charge < -0.3 is 15.0 Å². The zero-order valence-electron chi connectivity index (χ0n) is 27.5. The summed E-state index contributed by atoms with van der Waals surface area (Å²) in [7, 11) is 1.66. The summed E-state index contributed by atoms with van der Waals surface area (Å²) in [6, 6.07) is 32.1. The van der Waals surface area contributed by atoms with Crippen molar-refractivity contribution in [2.45, 2.75) is 25.9 Å². The number of nitrogens with zero attached hydrogens (tertiary/aromatic N) is 4. The van der Waals surface area contributed by atoms with Gasteiger partial charge in [0.25, 0.3) is 17.5 Å². The maximum Gasteiger partial charge on any atom is 0.307 e. The van der Waals surface area contributed by atoms with Gasteiger partial charge in [-0.3, -0.25) is 29.1 Å². The molecule has 0 aliphatic carbocycles. The second-order valence-electron chi connectivity index (χ2n) is 11.4. The number of benzene rings is 4. The molecule has 12 heteroatoms. The van der Waals surface area contributed by atoms with E-state index in [1.54, 1.807) is 60.5 Å². The number of carbonyl (C=O) groups is 3. The van der Waals surface area contributed by atoms with Crippen molar-refractivity contribution < 1.29 is 28.3 Å². The second kappa shape index (κ2) is 15.4. The van der Waals surface area contributed by atoms with Crippen molar-refractivity contribution in [1.82, 2.24) is 10.2 Å². The van der Waals surface area contributed by atoms with Crippen molar-refractivity contribution in [3.8, 4) is 5.75 Å². The van der Waals surface area contributed by atoms with Crippen molar-refractivity contribution in [2.24, 2.45) is 7.05 Å². The van der Waals surface area contributed by atoms with Crippen LogP contribution < -0.4 is 25.0 Å². The number of amides is 3. The number of hydrogen-bond acceptors (Lipinski definition) is 7. The van der Waals surface area contributed by atoms with Crippen LogP contribution in [0.1, 0.15) is 40.5 Å². The van der Waals surface area contributed by atoms with Crippen LogP contribution in [0.2, 0.25) is 0 Å². The van der Waals surface area contributed by atoms with E-state index in [-0.39, 0.29) is 35.8 Å². The molecule has 1 atom stereocenters. The molecule has 5 aromatic rings. The van der Waals surface area contributed by atoms with Gasteiger partial charge in [-0.1, -0.05) is 72.8 Å². The third-order valence-corrected chi connectivity index (χ3v) is 8.47. The molecule has 11 nitrogen and oxygen atoms in total. The first-order valence-corrected chi connectivity index (χ1v) is 16.4. The summed E-state index contributed by atoms with van der Waals surface area (Å²) < 4.78 is 12.5. The van der Waals surface area contributed by atoms with E-state index in [1.807, 2.05) is 79.7 Å². The molecule has 0 radical (unpaired) electrons. The van der Waals surface area contributed by atoms with Crippen LogP contribution in [0.5, 0.6) is 5.75 Å². The minimum atomic E-state index is -0.963. The molecule has 1 aromatic heterocycles. The van der Waals surface area contributed by atoms with E-state index in [2.05, 4.69) is 15.9 Å². The standard InChI is InChI=1S/C38H34N6O5S/c1-3-48-31-22-20-30(21-23-31)44-37(47)32(24-34(45)39-29-18-16-27(17-19-29)15-14-26-10-6-4-7-11-26)43(38(44)50)25-33-36(49-41-42(33)2)40-35(46)28-12-8-5-9-13-28/h4-23,32H,3,24-25H2,1-2H3,(H-,39,40,41,45,46)/p+1/b15-14+. The average Bonchev–Trinajstić information content (AvgIpc) is 3.59. The quantitative estimate of drug-likeness (QED) is 0.0953. The maximum atomic E-state index is 14.1. The molecule has 4 aromatic carbocycles. The Morgan fingerprint density at radius 3 is 2.20 bits per heavy atom. The first-order valence-electron chi connectivity index (χ1n) is 16.0. The number of ether oxygens (including phenoxy) is 1. The fourth-order valence-electron chi connectivity index (χ4n) is 5.48. The van der Waals surface area contributed by atoms with E-state index >= 15 is 0 Å². The fraction of sp³-hybridized carbons (Fsp3) is 0.158. The van der Waals surface area contributed by atoms with Gasteiger partial charge in [0.15, 0.2) is 12.2 Å². The minimum Gasteiger partial charge on any atom is -0.494 e. The fourth-order valence-corrected chi connectivity index (χ4v) is 5.86. The Labute approximate surface area is 294 Å². The van der Waals surface area contributed by atoms with E-state index in [1.165, 1.54) is 9.58 Å². The van der Waals surface area contributed by atoms with Crippen molar-refractivity contribution in [1.29, 1.82) is 0 Å². The predicted molar refractivity (Wildman–Crippen MR) is 194 cm³/mol. The highest BCUT2D eigenvalue weighted by molar-refractivity contribution is 7.80. The topological polar surface area (TPSA) is 121 Å². The third kappa shape index (κ3) is 7.77. The van der Waals surface area contributed by atoms with Crippen LogP contribution in [0.3, 0.4) is 0 Å². The van der Waals surface area contributed by atoms with Crippen LogP contribution in [-0.2, 0) is 23.2 Å². The number of hydrogen-bond donors (Lipinski definition) is 2. The number of thiocarbonyl (C=S) groups is 1. The monoisotopic (exact) mass is 687 g/mol. The Balaban J connectivity index is 1.22. The highest BCUT2D eigenvalue weighted by atomic mass is 32.1. The van der Waals surface area contributed by atoms with E-state index < -0.39 is 11.9 Å². The lowest BCUT2D eigenvalue weighted by atomic mass is 10.1. The lowest BCUT2D eigenvalue weighted by Gasteiger charge is -2.22. The molecule has 3 amide bonds. The van der Waals surface area contributed by atoms with E-state index in [4.69, 9.17) is 21.5 Å². The summed E-state index contributed by atoms with van der Waals surface area (Å²) in [6.07, 6.45) is 3.82. The van der Waals surface area contributed by atoms with Crippen LogP contribution >= 0.6 is 12.2 Å². The Hall–Kier alpha value is -6.14. The van der Waals surface area contributed by atoms with E-state index in [0.29, 0.717) is 35.0 Å². The molecule has 1 unspecified atom stereocenters. The number of rotatable bonds is 12. The molecule has 1 saturated heterocycles. The van der Waals surface area contributed by atoms with Crippen molar-refractivity contribution in [3.05, 3.63) is 132 Å². The number of anilines is 3. The minimum absolute atomic E-state index is 0.0168. The van der Waals surface area contributed by atoms with Gasteiger partial charge in [0.1, 0.15) is 18.3 Å². The van der Waals surface area contributed by atoms with Crippen LogP contribution in [0, 0.1) is 0 Å². The van der Waals surface area contributed by atoms with Crippen LogP contribution in [0.4, 0.5) is 17.3 Å². The molecule has 1 aliphatic rings. The molecule has 0 bridgehead atoms. The van der Waals surface area contributed by atoms with Gasteiger partial charge in [-0.05, 0) is 83.5 Å². The summed E-state index contributed by atoms with van der Waals surface area (Å²) in [5, 5.41) is 9.86. The first kappa shape index (κ1) is 33.7. The summed E-state index contributed by atoms with van der Waals surface area (Å²) >= 11 is 5.88. The van der Waals surface area contributed by atoms with Gasteiger partial charge in [-0.15, -0.1) is 0 Å². The maximum absolute atomic E-state index is 14.1. The summed E-state index contributed by atoms with van der Waals surface area (Å²) in [5.41, 5.74) is 4.05. The normalized spacial score (nSPS) is 14.3.